The van der Waals surface area contributed by atoms with E-state index in [2.05, 4.69) is 45.7 Å². The van der Waals surface area contributed by atoms with Crippen LogP contribution >= 0.6 is 0 Å². The van der Waals surface area contributed by atoms with Crippen LogP contribution in [0.4, 0.5) is 4.79 Å². The number of rotatable bonds is 4. The number of carbonyl (C=O) groups excluding carboxylic acids is 2. The van der Waals surface area contributed by atoms with Gasteiger partial charge >= 0.3 is 6.03 Å². The van der Waals surface area contributed by atoms with Gasteiger partial charge in [-0.2, -0.15) is 0 Å². The van der Waals surface area contributed by atoms with Crippen LogP contribution < -0.4 is 5.32 Å². The number of hydrogen-bond acceptors (Lipinski definition) is 6. The predicted octanol–water partition coefficient (Wildman–Crippen LogP) is 1.24. The fourth-order valence-electron chi connectivity index (χ4n) is 4.40. The van der Waals surface area contributed by atoms with Crippen LogP contribution in [0.1, 0.15) is 18.1 Å². The van der Waals surface area contributed by atoms with Gasteiger partial charge in [0.2, 0.25) is 0 Å². The molecule has 8 nitrogen and oxygen atoms in total. The normalized spacial score (nSPS) is 24.6. The average molecular weight is 411 g/mol. The topological polar surface area (TPSA) is 71.5 Å². The maximum Gasteiger partial charge on any atom is 0.325 e. The summed E-state index contributed by atoms with van der Waals surface area (Å²) in [6.45, 7) is 13.1. The van der Waals surface area contributed by atoms with Crippen LogP contribution in [0.3, 0.4) is 0 Å². The van der Waals surface area contributed by atoms with E-state index in [1.54, 1.807) is 7.05 Å². The van der Waals surface area contributed by atoms with Gasteiger partial charge in [-0.1, -0.05) is 36.4 Å². The third-order valence-corrected chi connectivity index (χ3v) is 6.09. The zero-order valence-corrected chi connectivity index (χ0v) is 18.0. The number of fused-ring (bicyclic) bond motifs is 1. The number of benzene rings is 1. The highest BCUT2D eigenvalue weighted by molar-refractivity contribution is 6.03. The molecule has 0 aromatic heterocycles. The van der Waals surface area contributed by atoms with Crippen LogP contribution in [0.2, 0.25) is 0 Å². The first-order valence-corrected chi connectivity index (χ1v) is 10.4. The van der Waals surface area contributed by atoms with Crippen molar-refractivity contribution in [2.24, 2.45) is 4.99 Å². The first kappa shape index (κ1) is 20.4. The molecule has 0 bridgehead atoms. The lowest BCUT2D eigenvalue weighted by Crippen LogP contribution is -2.64. The molecule has 1 aromatic carbocycles. The smallest absolute Gasteiger partial charge is 0.325 e. The minimum Gasteiger partial charge on any atom is -0.340 e. The lowest BCUT2D eigenvalue weighted by molar-refractivity contribution is -0.127. The van der Waals surface area contributed by atoms with E-state index < -0.39 is 18.2 Å². The van der Waals surface area contributed by atoms with E-state index in [1.165, 1.54) is 10.5 Å². The highest BCUT2D eigenvalue weighted by atomic mass is 16.2. The number of aryl methyl sites for hydroxylation is 1. The molecule has 160 valence electrons. The van der Waals surface area contributed by atoms with E-state index in [0.717, 1.165) is 49.8 Å². The molecule has 2 saturated heterocycles. The summed E-state index contributed by atoms with van der Waals surface area (Å²) < 4.78 is 0. The number of hydrogen-bond donors (Lipinski definition) is 1. The molecule has 8 heteroatoms. The fourth-order valence-corrected chi connectivity index (χ4v) is 4.40. The summed E-state index contributed by atoms with van der Waals surface area (Å²) in [6, 6.07) is 7.28. The summed E-state index contributed by atoms with van der Waals surface area (Å²) in [5.41, 5.74) is 3.48. The van der Waals surface area contributed by atoms with Gasteiger partial charge in [0.25, 0.3) is 5.91 Å². The number of likely N-dealkylation sites (N-methyl/N-ethyl adjacent to an activating group) is 1. The van der Waals surface area contributed by atoms with Crippen molar-refractivity contribution in [3.8, 4) is 0 Å². The van der Waals surface area contributed by atoms with Crippen LogP contribution in [0, 0.1) is 6.92 Å². The Morgan fingerprint density at radius 1 is 1.20 bits per heavy atom. The maximum atomic E-state index is 12.8. The summed E-state index contributed by atoms with van der Waals surface area (Å²) in [7, 11) is 1.70. The quantitative estimate of drug-likeness (QED) is 0.757. The average Bonchev–Trinajstić information content (AvgIpc) is 3.08. The first-order valence-electron chi connectivity index (χ1n) is 10.4. The highest BCUT2D eigenvalue weighted by Gasteiger charge is 2.49. The van der Waals surface area contributed by atoms with Gasteiger partial charge in [0.1, 0.15) is 0 Å². The van der Waals surface area contributed by atoms with Crippen molar-refractivity contribution in [2.75, 3.05) is 39.8 Å². The Hall–Kier alpha value is -2.87. The SMILES string of the molecule is C=C(C)CN1CCN(C2=NC3C(C(=O)NC(=O)N3C)N2Cc2ccccc2C)CC1. The third kappa shape index (κ3) is 3.79. The number of imide groups is 1. The number of piperazine rings is 1. The molecule has 3 heterocycles. The summed E-state index contributed by atoms with van der Waals surface area (Å²) in [4.78, 5) is 38.1. The molecule has 1 aromatic rings. The molecule has 0 saturated carbocycles. The zero-order valence-electron chi connectivity index (χ0n) is 18.0. The second-order valence-corrected chi connectivity index (χ2v) is 8.47. The summed E-state index contributed by atoms with van der Waals surface area (Å²) >= 11 is 0. The number of guanidine groups is 1. The first-order chi connectivity index (χ1) is 14.3. The van der Waals surface area contributed by atoms with Crippen molar-refractivity contribution in [3.63, 3.8) is 0 Å². The van der Waals surface area contributed by atoms with Crippen molar-refractivity contribution in [1.29, 1.82) is 0 Å². The van der Waals surface area contributed by atoms with E-state index >= 15 is 0 Å². The van der Waals surface area contributed by atoms with Crippen LogP contribution in [0.15, 0.2) is 41.4 Å². The molecule has 3 aliphatic rings. The van der Waals surface area contributed by atoms with Crippen LogP contribution in [-0.4, -0.2) is 89.5 Å². The van der Waals surface area contributed by atoms with Crippen molar-refractivity contribution in [1.82, 2.24) is 24.9 Å². The van der Waals surface area contributed by atoms with Crippen molar-refractivity contribution < 1.29 is 9.59 Å². The molecule has 4 rings (SSSR count). The van der Waals surface area contributed by atoms with Gasteiger partial charge in [0, 0.05) is 46.3 Å². The number of nitrogens with zero attached hydrogens (tertiary/aromatic N) is 5. The number of urea groups is 1. The van der Waals surface area contributed by atoms with Crippen molar-refractivity contribution >= 4 is 17.9 Å². The Balaban J connectivity index is 1.60. The second kappa shape index (κ2) is 8.10. The monoisotopic (exact) mass is 410 g/mol. The van der Waals surface area contributed by atoms with Crippen LogP contribution in [0.5, 0.6) is 0 Å². The van der Waals surface area contributed by atoms with Crippen LogP contribution in [-0.2, 0) is 11.3 Å². The molecule has 30 heavy (non-hydrogen) atoms. The molecular formula is C22H30N6O2. The largest absolute Gasteiger partial charge is 0.340 e. The zero-order chi connectivity index (χ0) is 21.4. The Bertz CT molecular complexity index is 889. The van der Waals surface area contributed by atoms with Crippen LogP contribution in [0.25, 0.3) is 0 Å². The molecule has 3 amide bonds. The van der Waals surface area contributed by atoms with Gasteiger partial charge in [-0.15, -0.1) is 0 Å². The highest BCUT2D eigenvalue weighted by Crippen LogP contribution is 2.28. The third-order valence-electron chi connectivity index (χ3n) is 6.09. The maximum absolute atomic E-state index is 12.8. The molecule has 2 unspecified atom stereocenters. The Morgan fingerprint density at radius 3 is 2.57 bits per heavy atom. The molecule has 0 radical (unpaired) electrons. The predicted molar refractivity (Wildman–Crippen MR) is 116 cm³/mol. The van der Waals surface area contributed by atoms with E-state index in [0.29, 0.717) is 6.54 Å². The van der Waals surface area contributed by atoms with Crippen molar-refractivity contribution in [2.45, 2.75) is 32.6 Å². The Morgan fingerprint density at radius 2 is 1.90 bits per heavy atom. The van der Waals surface area contributed by atoms with Crippen molar-refractivity contribution in [3.05, 3.63) is 47.5 Å². The number of carbonyl (C=O) groups is 2. The summed E-state index contributed by atoms with van der Waals surface area (Å²) in [6.07, 6.45) is -0.501. The molecule has 0 spiro atoms. The van der Waals surface area contributed by atoms with Gasteiger partial charge in [0.15, 0.2) is 18.2 Å². The Labute approximate surface area is 177 Å². The minimum absolute atomic E-state index is 0.281. The lowest BCUT2D eigenvalue weighted by Gasteiger charge is -2.40. The van der Waals surface area contributed by atoms with E-state index in [-0.39, 0.29) is 5.91 Å². The summed E-state index contributed by atoms with van der Waals surface area (Å²) in [5, 5.41) is 2.48. The number of amides is 3. The molecule has 0 aliphatic carbocycles. The van der Waals surface area contributed by atoms with Gasteiger partial charge in [-0.05, 0) is 25.0 Å². The minimum atomic E-state index is -0.518. The lowest BCUT2D eigenvalue weighted by atomic mass is 10.1. The van der Waals surface area contributed by atoms with E-state index in [1.807, 2.05) is 19.1 Å². The molecular weight excluding hydrogens is 380 g/mol. The number of aliphatic imine (C=N–C) groups is 1. The van der Waals surface area contributed by atoms with Gasteiger partial charge in [-0.3, -0.25) is 15.0 Å². The van der Waals surface area contributed by atoms with Gasteiger partial charge in [0.05, 0.1) is 0 Å². The summed E-state index contributed by atoms with van der Waals surface area (Å²) in [5.74, 6) is 0.524. The van der Waals surface area contributed by atoms with E-state index in [4.69, 9.17) is 4.99 Å². The molecule has 1 N–H and O–H groups in total. The number of nitrogens with one attached hydrogen (secondary N) is 1. The molecule has 3 aliphatic heterocycles. The molecule has 2 atom stereocenters. The van der Waals surface area contributed by atoms with Gasteiger partial charge < -0.3 is 14.7 Å². The van der Waals surface area contributed by atoms with Gasteiger partial charge in [-0.25, -0.2) is 9.79 Å². The standard InChI is InChI=1S/C22H30N6O2/c1-15(2)13-26-9-11-27(12-10-26)21-23-19-18(20(29)24-22(30)25(19)4)28(21)14-17-8-6-5-7-16(17)3/h5-8,18-19H,1,9-14H2,2-4H3,(H,24,29,30). The Kier molecular flexibility index (Phi) is 5.51. The fraction of sp³-hybridized carbons (Fsp3) is 0.500. The van der Waals surface area contributed by atoms with E-state index in [9.17, 15) is 9.59 Å². The second-order valence-electron chi connectivity index (χ2n) is 8.47. The molecule has 2 fully saturated rings.